The van der Waals surface area contributed by atoms with E-state index in [1.165, 1.54) is 0 Å². The van der Waals surface area contributed by atoms with Crippen molar-refractivity contribution in [3.05, 3.63) is 0 Å². The van der Waals surface area contributed by atoms with Crippen LogP contribution in [0.15, 0.2) is 0 Å². The van der Waals surface area contributed by atoms with Crippen LogP contribution in [0, 0.1) is 5.92 Å². The fourth-order valence-electron chi connectivity index (χ4n) is 2.39. The van der Waals surface area contributed by atoms with Crippen LogP contribution in [0.25, 0.3) is 0 Å². The second kappa shape index (κ2) is 7.81. The summed E-state index contributed by atoms with van der Waals surface area (Å²) in [5, 5.41) is 2.69. The minimum absolute atomic E-state index is 0.0888. The summed E-state index contributed by atoms with van der Waals surface area (Å²) in [6, 6.07) is -0.104. The van der Waals surface area contributed by atoms with E-state index in [2.05, 4.69) is 10.0 Å². The monoisotopic (exact) mass is 291 g/mol. The predicted molar refractivity (Wildman–Crippen MR) is 75.0 cm³/mol. The second-order valence-corrected chi connectivity index (χ2v) is 6.94. The van der Waals surface area contributed by atoms with Gasteiger partial charge in [0.2, 0.25) is 15.9 Å². The molecule has 0 aromatic rings. The zero-order chi connectivity index (χ0) is 14.3. The first kappa shape index (κ1) is 16.4. The van der Waals surface area contributed by atoms with Gasteiger partial charge in [-0.05, 0) is 12.8 Å². The maximum atomic E-state index is 12.0. The molecule has 0 aliphatic heterocycles. The van der Waals surface area contributed by atoms with Crippen LogP contribution in [0.3, 0.4) is 0 Å². The van der Waals surface area contributed by atoms with E-state index in [1.807, 2.05) is 0 Å². The normalized spacial score (nSPS) is 24.7. The molecular formula is C12H25N3O3S. The van der Waals surface area contributed by atoms with E-state index >= 15 is 0 Å². The lowest BCUT2D eigenvalue weighted by Crippen LogP contribution is -2.43. The number of hydrogen-bond donors (Lipinski definition) is 3. The summed E-state index contributed by atoms with van der Waals surface area (Å²) in [4.78, 5) is 12.0. The minimum atomic E-state index is -3.27. The zero-order valence-corrected chi connectivity index (χ0v) is 12.3. The van der Waals surface area contributed by atoms with Crippen molar-refractivity contribution in [3.63, 3.8) is 0 Å². The SMILES string of the molecule is CCNS(=O)(=O)CCNC(=O)C1CCCCCC1N. The van der Waals surface area contributed by atoms with Crippen molar-refractivity contribution in [1.29, 1.82) is 0 Å². The minimum Gasteiger partial charge on any atom is -0.355 e. The van der Waals surface area contributed by atoms with Crippen LogP contribution in [-0.2, 0) is 14.8 Å². The van der Waals surface area contributed by atoms with Crippen molar-refractivity contribution in [2.75, 3.05) is 18.8 Å². The van der Waals surface area contributed by atoms with Crippen LogP contribution < -0.4 is 15.8 Å². The molecule has 0 radical (unpaired) electrons. The molecule has 1 amide bonds. The van der Waals surface area contributed by atoms with Crippen LogP contribution >= 0.6 is 0 Å². The van der Waals surface area contributed by atoms with Gasteiger partial charge in [-0.25, -0.2) is 13.1 Å². The molecule has 1 rings (SSSR count). The smallest absolute Gasteiger partial charge is 0.224 e. The summed E-state index contributed by atoms with van der Waals surface area (Å²) < 4.78 is 25.2. The molecule has 4 N–H and O–H groups in total. The van der Waals surface area contributed by atoms with Gasteiger partial charge in [-0.3, -0.25) is 4.79 Å². The lowest BCUT2D eigenvalue weighted by molar-refractivity contribution is -0.125. The molecule has 0 spiro atoms. The van der Waals surface area contributed by atoms with E-state index in [9.17, 15) is 13.2 Å². The van der Waals surface area contributed by atoms with Crippen molar-refractivity contribution < 1.29 is 13.2 Å². The third-order valence-electron chi connectivity index (χ3n) is 3.44. The van der Waals surface area contributed by atoms with Gasteiger partial charge in [-0.1, -0.05) is 26.2 Å². The van der Waals surface area contributed by atoms with Crippen molar-refractivity contribution in [2.45, 2.75) is 45.1 Å². The number of nitrogens with one attached hydrogen (secondary N) is 2. The van der Waals surface area contributed by atoms with Gasteiger partial charge in [0, 0.05) is 19.1 Å². The summed E-state index contributed by atoms with van der Waals surface area (Å²) in [5.41, 5.74) is 5.99. The number of nitrogens with two attached hydrogens (primary N) is 1. The van der Waals surface area contributed by atoms with Gasteiger partial charge >= 0.3 is 0 Å². The number of amides is 1. The molecular weight excluding hydrogens is 266 g/mol. The molecule has 112 valence electrons. The summed E-state index contributed by atoms with van der Waals surface area (Å²) in [6.45, 7) is 2.22. The van der Waals surface area contributed by atoms with Gasteiger partial charge in [0.15, 0.2) is 0 Å². The van der Waals surface area contributed by atoms with Crippen LogP contribution in [-0.4, -0.2) is 39.2 Å². The summed E-state index contributed by atoms with van der Waals surface area (Å²) >= 11 is 0. The Bertz CT molecular complexity index is 384. The van der Waals surface area contributed by atoms with Crippen LogP contribution in [0.2, 0.25) is 0 Å². The molecule has 1 aliphatic carbocycles. The van der Waals surface area contributed by atoms with Crippen LogP contribution in [0.1, 0.15) is 39.0 Å². The third-order valence-corrected chi connectivity index (χ3v) is 4.91. The maximum Gasteiger partial charge on any atom is 0.224 e. The first-order valence-corrected chi connectivity index (χ1v) is 8.62. The van der Waals surface area contributed by atoms with Gasteiger partial charge in [-0.2, -0.15) is 0 Å². The molecule has 7 heteroatoms. The Kier molecular flexibility index (Phi) is 6.74. The van der Waals surface area contributed by atoms with Crippen molar-refractivity contribution in [1.82, 2.24) is 10.0 Å². The van der Waals surface area contributed by atoms with Gasteiger partial charge < -0.3 is 11.1 Å². The standard InChI is InChI=1S/C12H25N3O3S/c1-2-15-19(17,18)9-8-14-12(16)10-6-4-3-5-7-11(10)13/h10-11,15H,2-9,13H2,1H3,(H,14,16). The molecule has 0 saturated heterocycles. The van der Waals surface area contributed by atoms with E-state index in [1.54, 1.807) is 6.92 Å². The number of rotatable bonds is 6. The fraction of sp³-hybridized carbons (Fsp3) is 0.917. The molecule has 1 fully saturated rings. The highest BCUT2D eigenvalue weighted by Crippen LogP contribution is 2.22. The lowest BCUT2D eigenvalue weighted by Gasteiger charge is -2.20. The third kappa shape index (κ3) is 5.88. The van der Waals surface area contributed by atoms with E-state index in [0.717, 1.165) is 32.1 Å². The van der Waals surface area contributed by atoms with Crippen molar-refractivity contribution in [3.8, 4) is 0 Å². The fourth-order valence-corrected chi connectivity index (χ4v) is 3.35. The van der Waals surface area contributed by atoms with E-state index in [4.69, 9.17) is 5.73 Å². The lowest BCUT2D eigenvalue weighted by atomic mass is 9.95. The quantitative estimate of drug-likeness (QED) is 0.597. The van der Waals surface area contributed by atoms with Crippen molar-refractivity contribution in [2.24, 2.45) is 11.7 Å². The number of carbonyl (C=O) groups is 1. The maximum absolute atomic E-state index is 12.0. The highest BCUT2D eigenvalue weighted by Gasteiger charge is 2.26. The molecule has 2 unspecified atom stereocenters. The Labute approximate surface area is 115 Å². The molecule has 1 aliphatic rings. The molecule has 2 atom stereocenters. The highest BCUT2D eigenvalue weighted by atomic mass is 32.2. The zero-order valence-electron chi connectivity index (χ0n) is 11.5. The number of hydrogen-bond acceptors (Lipinski definition) is 4. The summed E-state index contributed by atoms with van der Waals surface area (Å²) in [7, 11) is -3.27. The Morgan fingerprint density at radius 1 is 1.26 bits per heavy atom. The van der Waals surface area contributed by atoms with E-state index in [-0.39, 0.29) is 30.2 Å². The summed E-state index contributed by atoms with van der Waals surface area (Å²) in [5.74, 6) is -0.375. The molecule has 6 nitrogen and oxygen atoms in total. The highest BCUT2D eigenvalue weighted by molar-refractivity contribution is 7.89. The second-order valence-electron chi connectivity index (χ2n) is 5.02. The van der Waals surface area contributed by atoms with E-state index < -0.39 is 10.0 Å². The van der Waals surface area contributed by atoms with Gasteiger partial charge in [0.05, 0.1) is 11.7 Å². The largest absolute Gasteiger partial charge is 0.355 e. The molecule has 1 saturated carbocycles. The molecule has 0 bridgehead atoms. The Balaban J connectivity index is 2.38. The van der Waals surface area contributed by atoms with Gasteiger partial charge in [0.25, 0.3) is 0 Å². The van der Waals surface area contributed by atoms with Gasteiger partial charge in [-0.15, -0.1) is 0 Å². The van der Waals surface area contributed by atoms with Crippen molar-refractivity contribution >= 4 is 15.9 Å². The average Bonchev–Trinajstić information content (AvgIpc) is 2.53. The molecule has 0 aromatic carbocycles. The Hall–Kier alpha value is -0.660. The van der Waals surface area contributed by atoms with Crippen LogP contribution in [0.4, 0.5) is 0 Å². The van der Waals surface area contributed by atoms with Crippen LogP contribution in [0.5, 0.6) is 0 Å². The Morgan fingerprint density at radius 2 is 1.95 bits per heavy atom. The molecule has 19 heavy (non-hydrogen) atoms. The predicted octanol–water partition coefficient (Wildman–Crippen LogP) is -0.0505. The topological polar surface area (TPSA) is 101 Å². The first-order valence-electron chi connectivity index (χ1n) is 6.97. The summed E-state index contributed by atoms with van der Waals surface area (Å²) in [6.07, 6.45) is 4.87. The number of sulfonamides is 1. The number of carbonyl (C=O) groups excluding carboxylic acids is 1. The molecule has 0 heterocycles. The average molecular weight is 291 g/mol. The van der Waals surface area contributed by atoms with Gasteiger partial charge in [0.1, 0.15) is 0 Å². The molecule has 0 aromatic heterocycles. The Morgan fingerprint density at radius 3 is 2.63 bits per heavy atom. The van der Waals surface area contributed by atoms with E-state index in [0.29, 0.717) is 6.54 Å². The first-order chi connectivity index (χ1) is 8.96.